The van der Waals surface area contributed by atoms with Gasteiger partial charge in [0.25, 0.3) is 5.91 Å². The predicted molar refractivity (Wildman–Crippen MR) is 122 cm³/mol. The van der Waals surface area contributed by atoms with Crippen LogP contribution in [0.4, 0.5) is 5.00 Å². The Bertz CT molecular complexity index is 1030. The van der Waals surface area contributed by atoms with Gasteiger partial charge in [-0.2, -0.15) is 0 Å². The molecule has 1 heterocycles. The van der Waals surface area contributed by atoms with Crippen molar-refractivity contribution in [1.82, 2.24) is 10.6 Å². The first-order valence-corrected chi connectivity index (χ1v) is 10.9. The molecule has 3 N–H and O–H groups in total. The second-order valence-electron chi connectivity index (χ2n) is 6.74. The molecule has 176 valence electrons. The zero-order valence-corrected chi connectivity index (χ0v) is 19.3. The maximum atomic E-state index is 12.5. The summed E-state index contributed by atoms with van der Waals surface area (Å²) >= 11 is 1.21. The zero-order chi connectivity index (χ0) is 24.4. The van der Waals surface area contributed by atoms with Crippen molar-refractivity contribution >= 4 is 46.0 Å². The first-order chi connectivity index (χ1) is 15.7. The Balaban J connectivity index is 2.01. The van der Waals surface area contributed by atoms with E-state index in [4.69, 9.17) is 9.47 Å². The Kier molecular flexibility index (Phi) is 9.55. The smallest absolute Gasteiger partial charge is 0.341 e. The molecule has 33 heavy (non-hydrogen) atoms. The van der Waals surface area contributed by atoms with Gasteiger partial charge in [0.2, 0.25) is 11.8 Å². The molecule has 2 aromatic rings. The molecular weight excluding hydrogens is 450 g/mol. The molecule has 0 fully saturated rings. The van der Waals surface area contributed by atoms with E-state index in [-0.39, 0.29) is 29.6 Å². The van der Waals surface area contributed by atoms with E-state index < -0.39 is 36.9 Å². The summed E-state index contributed by atoms with van der Waals surface area (Å²) in [4.78, 5) is 59.7. The van der Waals surface area contributed by atoms with Crippen molar-refractivity contribution in [3.8, 4) is 10.4 Å². The number of amides is 3. The number of esters is 2. The minimum atomic E-state index is -0.834. The lowest BCUT2D eigenvalue weighted by Crippen LogP contribution is -2.39. The van der Waals surface area contributed by atoms with Gasteiger partial charge in [-0.15, -0.1) is 11.3 Å². The van der Waals surface area contributed by atoms with Crippen molar-refractivity contribution < 1.29 is 33.4 Å². The molecule has 0 unspecified atom stereocenters. The fourth-order valence-electron chi connectivity index (χ4n) is 2.71. The summed E-state index contributed by atoms with van der Waals surface area (Å²) in [6, 6.07) is 9.39. The van der Waals surface area contributed by atoms with Gasteiger partial charge in [0, 0.05) is 11.8 Å². The van der Waals surface area contributed by atoms with Gasteiger partial charge < -0.3 is 25.4 Å². The fraction of sp³-hybridized carbons (Fsp3) is 0.318. The van der Waals surface area contributed by atoms with E-state index in [2.05, 4.69) is 16.0 Å². The number of hydrogen-bond donors (Lipinski definition) is 3. The molecule has 0 atom stereocenters. The molecule has 0 bridgehead atoms. The van der Waals surface area contributed by atoms with E-state index in [0.717, 1.165) is 10.4 Å². The quantitative estimate of drug-likeness (QED) is 0.444. The number of anilines is 1. The van der Waals surface area contributed by atoms with Gasteiger partial charge in [0.1, 0.15) is 11.5 Å². The van der Waals surface area contributed by atoms with Crippen LogP contribution in [0.3, 0.4) is 0 Å². The minimum Gasteiger partial charge on any atom is -0.462 e. The fourth-order valence-corrected chi connectivity index (χ4v) is 3.93. The molecule has 0 radical (unpaired) electrons. The Hall–Kier alpha value is -3.73. The first kappa shape index (κ1) is 25.5. The lowest BCUT2D eigenvalue weighted by atomic mass is 10.1. The van der Waals surface area contributed by atoms with Gasteiger partial charge in [-0.25, -0.2) is 4.79 Å². The number of rotatable bonds is 10. The minimum absolute atomic E-state index is 0.174. The third-order valence-electron chi connectivity index (χ3n) is 4.21. The van der Waals surface area contributed by atoms with Crippen molar-refractivity contribution in [2.24, 2.45) is 0 Å². The molecular formula is C22H25N3O7S. The lowest BCUT2D eigenvalue weighted by Gasteiger charge is -2.08. The summed E-state index contributed by atoms with van der Waals surface area (Å²) in [5, 5.41) is 7.43. The van der Waals surface area contributed by atoms with E-state index in [1.807, 2.05) is 30.3 Å². The molecule has 1 aromatic carbocycles. The highest BCUT2D eigenvalue weighted by Crippen LogP contribution is 2.40. The molecule has 0 saturated heterocycles. The van der Waals surface area contributed by atoms with Crippen LogP contribution in [0.5, 0.6) is 0 Å². The largest absolute Gasteiger partial charge is 0.462 e. The van der Waals surface area contributed by atoms with Gasteiger partial charge in [-0.3, -0.25) is 19.2 Å². The van der Waals surface area contributed by atoms with E-state index in [1.165, 1.54) is 18.3 Å². The first-order valence-electron chi connectivity index (χ1n) is 10.1. The van der Waals surface area contributed by atoms with Crippen LogP contribution in [0.15, 0.2) is 30.3 Å². The van der Waals surface area contributed by atoms with Crippen LogP contribution in [0.25, 0.3) is 10.4 Å². The van der Waals surface area contributed by atoms with Crippen LogP contribution in [-0.4, -0.2) is 56.0 Å². The van der Waals surface area contributed by atoms with Crippen molar-refractivity contribution in [2.75, 3.05) is 31.6 Å². The lowest BCUT2D eigenvalue weighted by molar-refractivity contribution is -0.147. The molecule has 2 rings (SSSR count). The topological polar surface area (TPSA) is 140 Å². The molecule has 0 aliphatic heterocycles. The number of thiophene rings is 1. The van der Waals surface area contributed by atoms with Gasteiger partial charge in [0.15, 0.2) is 6.61 Å². The number of hydrogen-bond acceptors (Lipinski definition) is 8. The van der Waals surface area contributed by atoms with Crippen molar-refractivity contribution in [3.05, 3.63) is 41.5 Å². The molecule has 3 amide bonds. The highest BCUT2D eigenvalue weighted by molar-refractivity contribution is 7.20. The van der Waals surface area contributed by atoms with Crippen LogP contribution < -0.4 is 16.0 Å². The Morgan fingerprint density at radius 3 is 2.27 bits per heavy atom. The Labute approximate surface area is 194 Å². The van der Waals surface area contributed by atoms with Crippen LogP contribution in [-0.2, 0) is 28.7 Å². The number of carbonyl (C=O) groups is 5. The molecule has 0 aliphatic rings. The highest BCUT2D eigenvalue weighted by atomic mass is 32.1. The summed E-state index contributed by atoms with van der Waals surface area (Å²) < 4.78 is 9.99. The van der Waals surface area contributed by atoms with Crippen molar-refractivity contribution in [2.45, 2.75) is 20.8 Å². The number of benzene rings is 1. The normalized spacial score (nSPS) is 10.2. The summed E-state index contributed by atoms with van der Waals surface area (Å²) in [5.41, 5.74) is 1.79. The summed E-state index contributed by atoms with van der Waals surface area (Å²) in [6.07, 6.45) is 0. The molecule has 0 saturated carbocycles. The van der Waals surface area contributed by atoms with Crippen LogP contribution in [0.2, 0.25) is 0 Å². The Morgan fingerprint density at radius 2 is 1.64 bits per heavy atom. The average molecular weight is 476 g/mol. The zero-order valence-electron chi connectivity index (χ0n) is 18.5. The van der Waals surface area contributed by atoms with Crippen LogP contribution in [0.1, 0.15) is 29.8 Å². The summed E-state index contributed by atoms with van der Waals surface area (Å²) in [7, 11) is 0. The molecule has 1 aromatic heterocycles. The molecule has 10 nitrogen and oxygen atoms in total. The average Bonchev–Trinajstić information content (AvgIpc) is 3.11. The van der Waals surface area contributed by atoms with E-state index in [9.17, 15) is 24.0 Å². The maximum absolute atomic E-state index is 12.5. The second kappa shape index (κ2) is 12.3. The van der Waals surface area contributed by atoms with Crippen molar-refractivity contribution in [3.63, 3.8) is 0 Å². The molecule has 0 spiro atoms. The third-order valence-corrected chi connectivity index (χ3v) is 5.46. The highest BCUT2D eigenvalue weighted by Gasteiger charge is 2.24. The van der Waals surface area contributed by atoms with Gasteiger partial charge in [0.05, 0.1) is 18.7 Å². The van der Waals surface area contributed by atoms with E-state index in [0.29, 0.717) is 5.56 Å². The van der Waals surface area contributed by atoms with Gasteiger partial charge >= 0.3 is 11.9 Å². The number of ether oxygens (including phenoxy) is 2. The van der Waals surface area contributed by atoms with Gasteiger partial charge in [-0.05, 0) is 25.0 Å². The van der Waals surface area contributed by atoms with E-state index >= 15 is 0 Å². The SMILES string of the molecule is CCOC(=O)c1c(NC(=O)COC(=O)CNC(=O)CNC(C)=O)sc(-c2ccccc2)c1C. The van der Waals surface area contributed by atoms with E-state index in [1.54, 1.807) is 13.8 Å². The van der Waals surface area contributed by atoms with Crippen LogP contribution >= 0.6 is 11.3 Å². The summed E-state index contributed by atoms with van der Waals surface area (Å²) in [6.45, 7) is 3.53. The molecule has 11 heteroatoms. The Morgan fingerprint density at radius 1 is 0.939 bits per heavy atom. The van der Waals surface area contributed by atoms with Crippen LogP contribution in [0, 0.1) is 6.92 Å². The molecule has 0 aliphatic carbocycles. The predicted octanol–water partition coefficient (Wildman–Crippen LogP) is 1.63. The number of carbonyl (C=O) groups excluding carboxylic acids is 5. The maximum Gasteiger partial charge on any atom is 0.341 e. The monoisotopic (exact) mass is 475 g/mol. The summed E-state index contributed by atoms with van der Waals surface area (Å²) in [5.74, 6) is -3.01. The van der Waals surface area contributed by atoms with Gasteiger partial charge in [-0.1, -0.05) is 30.3 Å². The standard InChI is InChI=1S/C22H25N3O7S/c1-4-31-22(30)19-13(2)20(15-8-6-5-7-9-15)33-21(19)25-17(28)12-32-18(29)11-24-16(27)10-23-14(3)26/h5-9H,4,10-12H2,1-3H3,(H,23,26)(H,24,27)(H,25,28). The number of nitrogens with one attached hydrogen (secondary N) is 3. The third kappa shape index (κ3) is 7.72. The second-order valence-corrected chi connectivity index (χ2v) is 7.76. The van der Waals surface area contributed by atoms with Crippen molar-refractivity contribution in [1.29, 1.82) is 0 Å².